The quantitative estimate of drug-likeness (QED) is 0.445. The number of carbonyl (C=O) groups is 1. The first kappa shape index (κ1) is 24.5. The van der Waals surface area contributed by atoms with Crippen LogP contribution in [0, 0.1) is 0 Å². The minimum Gasteiger partial charge on any atom is -0.508 e. The van der Waals surface area contributed by atoms with Gasteiger partial charge in [0, 0.05) is 44.8 Å². The van der Waals surface area contributed by atoms with Crippen LogP contribution in [0.3, 0.4) is 0 Å². The number of rotatable bonds is 7. The van der Waals surface area contributed by atoms with Gasteiger partial charge in [-0.2, -0.15) is 0 Å². The molecular weight excluding hydrogens is 396 g/mol. The summed E-state index contributed by atoms with van der Waals surface area (Å²) in [7, 11) is 0. The Labute approximate surface area is 185 Å². The molecule has 9 nitrogen and oxygen atoms in total. The van der Waals surface area contributed by atoms with Gasteiger partial charge in [-0.1, -0.05) is 13.0 Å². The second-order valence-corrected chi connectivity index (χ2v) is 8.46. The van der Waals surface area contributed by atoms with Gasteiger partial charge in [0.2, 0.25) is 0 Å². The van der Waals surface area contributed by atoms with Gasteiger partial charge < -0.3 is 25.8 Å². The van der Waals surface area contributed by atoms with Crippen LogP contribution in [-0.2, 0) is 4.74 Å². The van der Waals surface area contributed by atoms with Crippen molar-refractivity contribution in [2.45, 2.75) is 46.6 Å². The number of allylic oxidation sites excluding steroid dienone is 3. The molecule has 1 aliphatic heterocycles. The van der Waals surface area contributed by atoms with Crippen LogP contribution < -0.4 is 16.0 Å². The fraction of sp³-hybridized carbons (Fsp3) is 0.591. The first-order valence-corrected chi connectivity index (χ1v) is 10.8. The molecule has 0 saturated carbocycles. The van der Waals surface area contributed by atoms with Gasteiger partial charge in [0.1, 0.15) is 11.4 Å². The Morgan fingerprint density at radius 2 is 1.97 bits per heavy atom. The maximum atomic E-state index is 11.8. The zero-order chi connectivity index (χ0) is 23.0. The number of carbonyl (C=O) groups excluding carboxylic acids is 1. The predicted octanol–water partition coefficient (Wildman–Crippen LogP) is 2.96. The van der Waals surface area contributed by atoms with Crippen LogP contribution >= 0.6 is 0 Å². The maximum absolute atomic E-state index is 11.8. The highest BCUT2D eigenvalue weighted by Gasteiger charge is 2.21. The molecule has 4 N–H and O–H groups in total. The molecule has 1 saturated heterocycles. The fourth-order valence-corrected chi connectivity index (χ4v) is 3.32. The highest BCUT2D eigenvalue weighted by atomic mass is 16.6. The molecule has 1 aromatic heterocycles. The number of nitrogens with one attached hydrogen (secondary N) is 1. The van der Waals surface area contributed by atoms with Gasteiger partial charge >= 0.3 is 6.09 Å². The summed E-state index contributed by atoms with van der Waals surface area (Å²) in [5.41, 5.74) is 7.70. The van der Waals surface area contributed by atoms with Gasteiger partial charge in [-0.05, 0) is 46.3 Å². The Hall–Kier alpha value is -2.81. The minimum atomic E-state index is -0.497. The summed E-state index contributed by atoms with van der Waals surface area (Å²) in [6.45, 7) is 13.8. The molecule has 9 heteroatoms. The van der Waals surface area contributed by atoms with Crippen LogP contribution in [0.4, 0.5) is 16.3 Å². The van der Waals surface area contributed by atoms with Gasteiger partial charge in [-0.15, -0.1) is 10.2 Å². The molecule has 172 valence electrons. The standard InChI is InChI=1S/C22H36N6O3/c1-6-8-16(19(29)7-2)17-15-18(20(23)26-25-17)28-13-11-27(12-14-28)10-9-24-21(30)31-22(3,4)5/h7-8,15,29H,6,9-14H2,1-5H3,(H2,23,26)(H,24,30)/b16-8-,19-7+. The van der Waals surface area contributed by atoms with E-state index in [1.807, 2.05) is 39.8 Å². The van der Waals surface area contributed by atoms with Crippen LogP contribution in [-0.4, -0.2) is 71.2 Å². The number of aliphatic hydroxyl groups excluding tert-OH is 1. The Morgan fingerprint density at radius 1 is 1.29 bits per heavy atom. The molecule has 0 atom stereocenters. The fourth-order valence-electron chi connectivity index (χ4n) is 3.32. The largest absolute Gasteiger partial charge is 0.508 e. The summed E-state index contributed by atoms with van der Waals surface area (Å²) in [5, 5.41) is 21.3. The van der Waals surface area contributed by atoms with E-state index in [-0.39, 0.29) is 5.76 Å². The van der Waals surface area contributed by atoms with Crippen LogP contribution in [0.1, 0.15) is 46.7 Å². The van der Waals surface area contributed by atoms with E-state index in [1.165, 1.54) is 0 Å². The second kappa shape index (κ2) is 11.0. The average Bonchev–Trinajstić information content (AvgIpc) is 2.71. The van der Waals surface area contributed by atoms with Crippen molar-refractivity contribution in [1.82, 2.24) is 20.4 Å². The topological polar surface area (TPSA) is 117 Å². The molecule has 0 aliphatic carbocycles. The van der Waals surface area contributed by atoms with E-state index in [0.29, 0.717) is 23.6 Å². The molecule has 1 fully saturated rings. The SMILES string of the molecule is C/C=C(O)\C(=C/CC)c1cc(N2CCN(CCNC(=O)OC(C)(C)C)CC2)c(N)nn1. The number of nitrogens with zero attached hydrogens (tertiary/aromatic N) is 4. The predicted molar refractivity (Wildman–Crippen MR) is 124 cm³/mol. The van der Waals surface area contributed by atoms with Crippen molar-refractivity contribution in [3.05, 3.63) is 29.7 Å². The molecule has 0 radical (unpaired) electrons. The number of aliphatic hydroxyl groups is 1. The summed E-state index contributed by atoms with van der Waals surface area (Å²) in [5.74, 6) is 0.550. The highest BCUT2D eigenvalue weighted by Crippen LogP contribution is 2.28. The molecule has 1 aromatic rings. The van der Waals surface area contributed by atoms with Gasteiger partial charge in [0.25, 0.3) is 0 Å². The summed E-state index contributed by atoms with van der Waals surface area (Å²) in [4.78, 5) is 16.2. The number of nitrogen functional groups attached to an aromatic ring is 1. The van der Waals surface area contributed by atoms with Crippen molar-refractivity contribution in [2.24, 2.45) is 0 Å². The molecule has 0 aromatic carbocycles. The zero-order valence-electron chi connectivity index (χ0n) is 19.3. The third-order valence-electron chi connectivity index (χ3n) is 4.84. The van der Waals surface area contributed by atoms with Crippen molar-refractivity contribution in [3.8, 4) is 0 Å². The van der Waals surface area contributed by atoms with Crippen molar-refractivity contribution >= 4 is 23.2 Å². The molecule has 0 unspecified atom stereocenters. The number of aromatic nitrogens is 2. The van der Waals surface area contributed by atoms with E-state index < -0.39 is 11.7 Å². The Kier molecular flexibility index (Phi) is 8.67. The number of hydrogen-bond acceptors (Lipinski definition) is 8. The lowest BCUT2D eigenvalue weighted by atomic mass is 10.1. The van der Waals surface area contributed by atoms with E-state index in [4.69, 9.17) is 10.5 Å². The molecule has 2 rings (SSSR count). The van der Waals surface area contributed by atoms with E-state index >= 15 is 0 Å². The van der Waals surface area contributed by atoms with Gasteiger partial charge in [-0.25, -0.2) is 4.79 Å². The van der Waals surface area contributed by atoms with Crippen LogP contribution in [0.2, 0.25) is 0 Å². The number of amides is 1. The second-order valence-electron chi connectivity index (χ2n) is 8.46. The Balaban J connectivity index is 1.95. The maximum Gasteiger partial charge on any atom is 0.407 e. The van der Waals surface area contributed by atoms with E-state index in [9.17, 15) is 9.90 Å². The molecule has 0 bridgehead atoms. The number of ether oxygens (including phenoxy) is 1. The van der Waals surface area contributed by atoms with Crippen molar-refractivity contribution in [2.75, 3.05) is 49.9 Å². The Morgan fingerprint density at radius 3 is 2.55 bits per heavy atom. The first-order valence-electron chi connectivity index (χ1n) is 10.8. The zero-order valence-corrected chi connectivity index (χ0v) is 19.3. The number of piperazine rings is 1. The summed E-state index contributed by atoms with van der Waals surface area (Å²) in [6, 6.07) is 1.89. The van der Waals surface area contributed by atoms with E-state index in [0.717, 1.165) is 44.8 Å². The smallest absolute Gasteiger partial charge is 0.407 e. The minimum absolute atomic E-state index is 0.175. The molecule has 31 heavy (non-hydrogen) atoms. The molecule has 0 spiro atoms. The van der Waals surface area contributed by atoms with Crippen LogP contribution in [0.25, 0.3) is 5.57 Å². The Bertz CT molecular complexity index is 808. The van der Waals surface area contributed by atoms with Crippen LogP contribution in [0.5, 0.6) is 0 Å². The van der Waals surface area contributed by atoms with Crippen molar-refractivity contribution in [3.63, 3.8) is 0 Å². The van der Waals surface area contributed by atoms with Crippen LogP contribution in [0.15, 0.2) is 24.0 Å². The molecule has 2 heterocycles. The lowest BCUT2D eigenvalue weighted by molar-refractivity contribution is 0.0521. The number of hydrogen-bond donors (Lipinski definition) is 3. The normalized spacial score (nSPS) is 16.4. The number of anilines is 2. The number of nitrogens with two attached hydrogens (primary N) is 1. The summed E-state index contributed by atoms with van der Waals surface area (Å²) in [6.07, 6.45) is 3.94. The summed E-state index contributed by atoms with van der Waals surface area (Å²) >= 11 is 0. The van der Waals surface area contributed by atoms with Gasteiger partial charge in [-0.3, -0.25) is 4.90 Å². The van der Waals surface area contributed by atoms with Gasteiger partial charge in [0.15, 0.2) is 5.82 Å². The van der Waals surface area contributed by atoms with Crippen molar-refractivity contribution in [1.29, 1.82) is 0 Å². The lowest BCUT2D eigenvalue weighted by Gasteiger charge is -2.36. The highest BCUT2D eigenvalue weighted by molar-refractivity contribution is 5.78. The first-order chi connectivity index (χ1) is 14.6. The van der Waals surface area contributed by atoms with E-state index in [1.54, 1.807) is 13.0 Å². The monoisotopic (exact) mass is 432 g/mol. The lowest BCUT2D eigenvalue weighted by Crippen LogP contribution is -2.49. The summed E-state index contributed by atoms with van der Waals surface area (Å²) < 4.78 is 5.26. The van der Waals surface area contributed by atoms with Crippen molar-refractivity contribution < 1.29 is 14.6 Å². The molecule has 1 aliphatic rings. The third kappa shape index (κ3) is 7.43. The molecule has 1 amide bonds. The average molecular weight is 433 g/mol. The van der Waals surface area contributed by atoms with E-state index in [2.05, 4.69) is 25.3 Å². The third-order valence-corrected chi connectivity index (χ3v) is 4.84. The molecular formula is C22H36N6O3. The van der Waals surface area contributed by atoms with Gasteiger partial charge in [0.05, 0.1) is 11.4 Å². The number of alkyl carbamates (subject to hydrolysis) is 1.